The Morgan fingerprint density at radius 1 is 0.971 bits per heavy atom. The second kappa shape index (κ2) is 9.65. The number of carbonyl (C=O) groups excluding carboxylic acids is 1. The molecule has 4 aromatic rings. The third kappa shape index (κ3) is 5.43. The number of carbonyl (C=O) groups is 1. The van der Waals surface area contributed by atoms with Crippen LogP contribution in [0.2, 0.25) is 5.02 Å². The zero-order valence-electron chi connectivity index (χ0n) is 18.0. The Morgan fingerprint density at radius 3 is 2.47 bits per heavy atom. The van der Waals surface area contributed by atoms with E-state index in [1.165, 1.54) is 12.4 Å². The van der Waals surface area contributed by atoms with E-state index in [1.54, 1.807) is 18.2 Å². The van der Waals surface area contributed by atoms with Crippen molar-refractivity contribution in [2.45, 2.75) is 19.5 Å². The molecule has 0 spiro atoms. The molecule has 0 radical (unpaired) electrons. The number of anilines is 1. The molecular formula is C26H19ClF3N3O. The molecule has 34 heavy (non-hydrogen) atoms. The molecule has 1 aromatic heterocycles. The smallest absolute Gasteiger partial charge is 0.322 e. The maximum Gasteiger partial charge on any atom is 0.417 e. The monoisotopic (exact) mass is 481 g/mol. The van der Waals surface area contributed by atoms with Crippen molar-refractivity contribution in [3.05, 3.63) is 112 Å². The van der Waals surface area contributed by atoms with Gasteiger partial charge in [-0.25, -0.2) is 9.97 Å². The summed E-state index contributed by atoms with van der Waals surface area (Å²) in [5.41, 5.74) is 3.70. The van der Waals surface area contributed by atoms with Gasteiger partial charge in [0.15, 0.2) is 0 Å². The Labute approximate surface area is 199 Å². The largest absolute Gasteiger partial charge is 0.417 e. The first-order valence-corrected chi connectivity index (χ1v) is 10.7. The van der Waals surface area contributed by atoms with Gasteiger partial charge in [0, 0.05) is 28.9 Å². The number of nitrogens with zero attached hydrogens (tertiary/aromatic N) is 2. The number of aryl methyl sites for hydroxylation is 1. The molecule has 3 aromatic carbocycles. The number of hydrogen-bond donors (Lipinski definition) is 1. The van der Waals surface area contributed by atoms with Crippen LogP contribution in [0.5, 0.6) is 0 Å². The fourth-order valence-corrected chi connectivity index (χ4v) is 3.71. The number of aromatic nitrogens is 2. The van der Waals surface area contributed by atoms with Gasteiger partial charge in [-0.2, -0.15) is 13.2 Å². The summed E-state index contributed by atoms with van der Waals surface area (Å²) >= 11 is 5.66. The number of alkyl halides is 3. The Bertz CT molecular complexity index is 1340. The van der Waals surface area contributed by atoms with Gasteiger partial charge in [0.05, 0.1) is 16.3 Å². The first kappa shape index (κ1) is 23.4. The molecule has 0 atom stereocenters. The molecule has 0 fully saturated rings. The van der Waals surface area contributed by atoms with E-state index in [1.807, 2.05) is 43.3 Å². The highest BCUT2D eigenvalue weighted by Crippen LogP contribution is 2.36. The van der Waals surface area contributed by atoms with Crippen molar-refractivity contribution in [2.24, 2.45) is 0 Å². The van der Waals surface area contributed by atoms with Crippen molar-refractivity contribution in [3.8, 4) is 11.3 Å². The molecule has 0 saturated heterocycles. The van der Waals surface area contributed by atoms with Gasteiger partial charge in [0.2, 0.25) is 0 Å². The van der Waals surface area contributed by atoms with Gasteiger partial charge >= 0.3 is 6.18 Å². The summed E-state index contributed by atoms with van der Waals surface area (Å²) in [7, 11) is 0. The first-order chi connectivity index (χ1) is 16.2. The van der Waals surface area contributed by atoms with Crippen LogP contribution in [-0.4, -0.2) is 15.9 Å². The van der Waals surface area contributed by atoms with Crippen LogP contribution in [0.1, 0.15) is 32.7 Å². The first-order valence-electron chi connectivity index (χ1n) is 10.3. The van der Waals surface area contributed by atoms with Crippen molar-refractivity contribution < 1.29 is 18.0 Å². The molecule has 0 aliphatic rings. The van der Waals surface area contributed by atoms with E-state index < -0.39 is 22.7 Å². The molecule has 0 unspecified atom stereocenters. The average Bonchev–Trinajstić information content (AvgIpc) is 2.82. The lowest BCUT2D eigenvalue weighted by molar-refractivity contribution is -0.137. The SMILES string of the molecule is Cc1ccc(C(=O)Nc2ccc(Cl)c(C(F)(F)F)c2)cc1Cc1cc(-c2ccccc2)ncn1. The molecule has 1 heterocycles. The van der Waals surface area contributed by atoms with Crippen molar-refractivity contribution in [3.63, 3.8) is 0 Å². The lowest BCUT2D eigenvalue weighted by Gasteiger charge is -2.13. The van der Waals surface area contributed by atoms with E-state index in [9.17, 15) is 18.0 Å². The van der Waals surface area contributed by atoms with Crippen molar-refractivity contribution in [2.75, 3.05) is 5.32 Å². The van der Waals surface area contributed by atoms with E-state index in [2.05, 4.69) is 15.3 Å². The van der Waals surface area contributed by atoms with Crippen LogP contribution < -0.4 is 5.32 Å². The van der Waals surface area contributed by atoms with Crippen molar-refractivity contribution >= 4 is 23.2 Å². The summed E-state index contributed by atoms with van der Waals surface area (Å²) in [4.78, 5) is 21.4. The summed E-state index contributed by atoms with van der Waals surface area (Å²) < 4.78 is 39.4. The zero-order valence-corrected chi connectivity index (χ0v) is 18.8. The summed E-state index contributed by atoms with van der Waals surface area (Å²) in [6, 6.07) is 20.0. The van der Waals surface area contributed by atoms with Crippen molar-refractivity contribution in [1.82, 2.24) is 9.97 Å². The van der Waals surface area contributed by atoms with Crippen LogP contribution in [0.15, 0.2) is 79.1 Å². The van der Waals surface area contributed by atoms with Gasteiger partial charge < -0.3 is 5.32 Å². The van der Waals surface area contributed by atoms with E-state index in [4.69, 9.17) is 11.6 Å². The Hall–Kier alpha value is -3.71. The number of rotatable bonds is 5. The van der Waals surface area contributed by atoms with Crippen LogP contribution in [-0.2, 0) is 12.6 Å². The fraction of sp³-hybridized carbons (Fsp3) is 0.115. The third-order valence-electron chi connectivity index (χ3n) is 5.31. The molecule has 172 valence electrons. The standard InChI is InChI=1S/C26H19ClF3N3O/c1-16-7-8-18(25(34)33-20-9-10-23(27)22(13-20)26(28,29)30)11-19(16)12-21-14-24(32-15-31-21)17-5-3-2-4-6-17/h2-11,13-15H,12H2,1H3,(H,33,34). The molecule has 4 nitrogen and oxygen atoms in total. The van der Waals surface area contributed by atoms with Crippen LogP contribution >= 0.6 is 11.6 Å². The zero-order chi connectivity index (χ0) is 24.3. The normalized spacial score (nSPS) is 11.3. The highest BCUT2D eigenvalue weighted by Gasteiger charge is 2.33. The predicted octanol–water partition coefficient (Wildman–Crippen LogP) is 6.97. The van der Waals surface area contributed by atoms with Gasteiger partial charge in [0.25, 0.3) is 5.91 Å². The maximum atomic E-state index is 13.1. The minimum Gasteiger partial charge on any atom is -0.322 e. The minimum atomic E-state index is -4.62. The number of halogens is 4. The topological polar surface area (TPSA) is 54.9 Å². The molecule has 0 aliphatic heterocycles. The molecule has 0 aliphatic carbocycles. The lowest BCUT2D eigenvalue weighted by Crippen LogP contribution is -2.14. The van der Waals surface area contributed by atoms with Gasteiger partial charge in [-0.1, -0.05) is 48.0 Å². The van der Waals surface area contributed by atoms with E-state index in [0.29, 0.717) is 12.0 Å². The number of hydrogen-bond acceptors (Lipinski definition) is 3. The van der Waals surface area contributed by atoms with Gasteiger partial charge in [-0.05, 0) is 54.4 Å². The Balaban J connectivity index is 1.56. The summed E-state index contributed by atoms with van der Waals surface area (Å²) in [5.74, 6) is -0.524. The number of amides is 1. The second-order valence-electron chi connectivity index (χ2n) is 7.73. The van der Waals surface area contributed by atoms with Crippen LogP contribution in [0.4, 0.5) is 18.9 Å². The van der Waals surface area contributed by atoms with E-state index >= 15 is 0 Å². The molecule has 4 rings (SSSR count). The van der Waals surface area contributed by atoms with Gasteiger partial charge in [-0.3, -0.25) is 4.79 Å². The molecule has 8 heteroatoms. The van der Waals surface area contributed by atoms with Crippen LogP contribution in [0.25, 0.3) is 11.3 Å². The van der Waals surface area contributed by atoms with E-state index in [0.717, 1.165) is 40.2 Å². The summed E-state index contributed by atoms with van der Waals surface area (Å²) in [6.45, 7) is 1.92. The maximum absolute atomic E-state index is 13.1. The molecule has 0 bridgehead atoms. The summed E-state index contributed by atoms with van der Waals surface area (Å²) in [5, 5.41) is 2.09. The Kier molecular flexibility index (Phi) is 6.65. The molecule has 1 N–H and O–H groups in total. The fourth-order valence-electron chi connectivity index (χ4n) is 3.48. The molecule has 0 saturated carbocycles. The van der Waals surface area contributed by atoms with Gasteiger partial charge in [0.1, 0.15) is 6.33 Å². The van der Waals surface area contributed by atoms with Gasteiger partial charge in [-0.15, -0.1) is 0 Å². The average molecular weight is 482 g/mol. The van der Waals surface area contributed by atoms with E-state index in [-0.39, 0.29) is 5.69 Å². The number of benzene rings is 3. The Morgan fingerprint density at radius 2 is 1.74 bits per heavy atom. The van der Waals surface area contributed by atoms with Crippen molar-refractivity contribution in [1.29, 1.82) is 0 Å². The quantitative estimate of drug-likeness (QED) is 0.335. The summed E-state index contributed by atoms with van der Waals surface area (Å²) in [6.07, 6.45) is -2.65. The third-order valence-corrected chi connectivity index (χ3v) is 5.64. The molecule has 1 amide bonds. The minimum absolute atomic E-state index is 0.00662. The lowest BCUT2D eigenvalue weighted by atomic mass is 9.99. The highest BCUT2D eigenvalue weighted by atomic mass is 35.5. The highest BCUT2D eigenvalue weighted by molar-refractivity contribution is 6.31. The second-order valence-corrected chi connectivity index (χ2v) is 8.13. The number of nitrogens with one attached hydrogen (secondary N) is 1. The van der Waals surface area contributed by atoms with Crippen LogP contribution in [0, 0.1) is 6.92 Å². The predicted molar refractivity (Wildman–Crippen MR) is 126 cm³/mol. The molecular weight excluding hydrogens is 463 g/mol. The van der Waals surface area contributed by atoms with Crippen LogP contribution in [0.3, 0.4) is 0 Å².